The molecular formula is C20H29N3O2. The zero-order valence-electron chi connectivity index (χ0n) is 15.3. The first-order valence-electron chi connectivity index (χ1n) is 9.29. The summed E-state index contributed by atoms with van der Waals surface area (Å²) in [4.78, 5) is 29.2. The van der Waals surface area contributed by atoms with Crippen molar-refractivity contribution in [3.8, 4) is 0 Å². The summed E-state index contributed by atoms with van der Waals surface area (Å²) < 4.78 is 0. The van der Waals surface area contributed by atoms with Crippen LogP contribution in [0.5, 0.6) is 0 Å². The number of piperidine rings is 1. The molecule has 2 fully saturated rings. The Morgan fingerprint density at radius 1 is 1.12 bits per heavy atom. The number of hydrogen-bond acceptors (Lipinski definition) is 3. The second-order valence-corrected chi connectivity index (χ2v) is 7.97. The van der Waals surface area contributed by atoms with E-state index in [1.807, 2.05) is 23.1 Å². The van der Waals surface area contributed by atoms with Crippen LogP contribution in [0.1, 0.15) is 45.1 Å². The lowest BCUT2D eigenvalue weighted by molar-refractivity contribution is -0.143. The molecule has 0 radical (unpaired) electrons. The largest absolute Gasteiger partial charge is 0.341 e. The van der Waals surface area contributed by atoms with E-state index in [9.17, 15) is 9.59 Å². The molecule has 1 aromatic rings. The smallest absolute Gasteiger partial charge is 0.242 e. The zero-order chi connectivity index (χ0) is 18.0. The Morgan fingerprint density at radius 3 is 2.24 bits per heavy atom. The molecule has 0 spiro atoms. The molecule has 2 N–H and O–H groups in total. The SMILES string of the molecule is CC(C)(N)C(=O)N1CCC(C(=O)N(Cc2ccccc2)C2CC2)CC1. The molecule has 1 aromatic carbocycles. The fraction of sp³-hybridized carbons (Fsp3) is 0.600. The van der Waals surface area contributed by atoms with E-state index < -0.39 is 5.54 Å². The average molecular weight is 343 g/mol. The second kappa shape index (κ2) is 7.16. The van der Waals surface area contributed by atoms with E-state index in [1.165, 1.54) is 5.56 Å². The molecule has 0 unspecified atom stereocenters. The standard InChI is InChI=1S/C20H29N3O2/c1-20(2,21)19(25)22-12-10-16(11-13-22)18(24)23(17-8-9-17)14-15-6-4-3-5-7-15/h3-7,16-17H,8-14,21H2,1-2H3. The summed E-state index contributed by atoms with van der Waals surface area (Å²) in [5, 5.41) is 0. The average Bonchev–Trinajstić information content (AvgIpc) is 3.43. The molecule has 1 saturated heterocycles. The molecule has 1 aliphatic heterocycles. The van der Waals surface area contributed by atoms with Crippen LogP contribution in [0, 0.1) is 5.92 Å². The van der Waals surface area contributed by atoms with Gasteiger partial charge in [-0.1, -0.05) is 30.3 Å². The lowest BCUT2D eigenvalue weighted by Crippen LogP contribution is -2.54. The topological polar surface area (TPSA) is 66.6 Å². The van der Waals surface area contributed by atoms with Gasteiger partial charge in [-0.15, -0.1) is 0 Å². The third kappa shape index (κ3) is 4.40. The molecule has 3 rings (SSSR count). The Bertz CT molecular complexity index is 612. The first kappa shape index (κ1) is 17.9. The Hall–Kier alpha value is -1.88. The number of hydrogen-bond donors (Lipinski definition) is 1. The van der Waals surface area contributed by atoms with Crippen LogP contribution in [0.15, 0.2) is 30.3 Å². The highest BCUT2D eigenvalue weighted by Gasteiger charge is 2.38. The maximum absolute atomic E-state index is 13.1. The Labute approximate surface area is 150 Å². The van der Waals surface area contributed by atoms with E-state index >= 15 is 0 Å². The predicted octanol–water partition coefficient (Wildman–Crippen LogP) is 2.15. The molecule has 0 aromatic heterocycles. The van der Waals surface area contributed by atoms with E-state index in [4.69, 9.17) is 5.73 Å². The minimum atomic E-state index is -0.843. The van der Waals surface area contributed by atoms with Crippen LogP contribution in [-0.2, 0) is 16.1 Å². The van der Waals surface area contributed by atoms with Gasteiger partial charge in [0, 0.05) is 31.6 Å². The van der Waals surface area contributed by atoms with E-state index in [2.05, 4.69) is 17.0 Å². The highest BCUT2D eigenvalue weighted by Crippen LogP contribution is 2.32. The fourth-order valence-corrected chi connectivity index (χ4v) is 3.52. The van der Waals surface area contributed by atoms with Crippen molar-refractivity contribution >= 4 is 11.8 Å². The Kier molecular flexibility index (Phi) is 5.13. The van der Waals surface area contributed by atoms with Crippen molar-refractivity contribution in [2.45, 2.75) is 57.7 Å². The quantitative estimate of drug-likeness (QED) is 0.891. The van der Waals surface area contributed by atoms with Gasteiger partial charge in [0.15, 0.2) is 0 Å². The lowest BCUT2D eigenvalue weighted by Gasteiger charge is -2.37. The Morgan fingerprint density at radius 2 is 1.72 bits per heavy atom. The maximum atomic E-state index is 13.1. The van der Waals surface area contributed by atoms with Crippen molar-refractivity contribution in [3.63, 3.8) is 0 Å². The van der Waals surface area contributed by atoms with Crippen molar-refractivity contribution in [1.29, 1.82) is 0 Å². The summed E-state index contributed by atoms with van der Waals surface area (Å²) in [5.74, 6) is 0.251. The van der Waals surface area contributed by atoms with Crippen molar-refractivity contribution in [2.24, 2.45) is 11.7 Å². The molecule has 2 amide bonds. The van der Waals surface area contributed by atoms with E-state index in [0.717, 1.165) is 25.7 Å². The lowest BCUT2D eigenvalue weighted by atomic mass is 9.93. The van der Waals surface area contributed by atoms with Gasteiger partial charge in [0.2, 0.25) is 11.8 Å². The molecule has 1 aliphatic carbocycles. The van der Waals surface area contributed by atoms with Gasteiger partial charge in [-0.2, -0.15) is 0 Å². The van der Waals surface area contributed by atoms with E-state index in [-0.39, 0.29) is 17.7 Å². The second-order valence-electron chi connectivity index (χ2n) is 7.97. The fourth-order valence-electron chi connectivity index (χ4n) is 3.52. The van der Waals surface area contributed by atoms with Gasteiger partial charge < -0.3 is 15.5 Å². The first-order valence-corrected chi connectivity index (χ1v) is 9.29. The third-order valence-corrected chi connectivity index (χ3v) is 5.15. The predicted molar refractivity (Wildman–Crippen MR) is 97.6 cm³/mol. The van der Waals surface area contributed by atoms with Crippen molar-refractivity contribution < 1.29 is 9.59 Å². The molecule has 136 valence electrons. The number of carbonyl (C=O) groups excluding carboxylic acids is 2. The van der Waals surface area contributed by atoms with Gasteiger partial charge in [-0.3, -0.25) is 9.59 Å². The molecule has 25 heavy (non-hydrogen) atoms. The molecule has 0 atom stereocenters. The van der Waals surface area contributed by atoms with Crippen LogP contribution in [0.25, 0.3) is 0 Å². The minimum Gasteiger partial charge on any atom is -0.341 e. The van der Waals surface area contributed by atoms with Crippen LogP contribution in [-0.4, -0.2) is 46.3 Å². The van der Waals surface area contributed by atoms with Gasteiger partial charge in [-0.05, 0) is 45.1 Å². The monoisotopic (exact) mass is 343 g/mol. The molecule has 5 nitrogen and oxygen atoms in total. The number of amides is 2. The summed E-state index contributed by atoms with van der Waals surface area (Å²) in [7, 11) is 0. The van der Waals surface area contributed by atoms with Gasteiger partial charge >= 0.3 is 0 Å². The Balaban J connectivity index is 1.60. The van der Waals surface area contributed by atoms with Gasteiger partial charge in [0.05, 0.1) is 5.54 Å². The molecule has 1 heterocycles. The van der Waals surface area contributed by atoms with Gasteiger partial charge in [0.1, 0.15) is 0 Å². The van der Waals surface area contributed by atoms with Crippen LogP contribution < -0.4 is 5.73 Å². The maximum Gasteiger partial charge on any atom is 0.242 e. The number of nitrogens with two attached hydrogens (primary N) is 1. The molecule has 1 saturated carbocycles. The van der Waals surface area contributed by atoms with Crippen molar-refractivity contribution in [2.75, 3.05) is 13.1 Å². The summed E-state index contributed by atoms with van der Waals surface area (Å²) in [5.41, 5.74) is 6.26. The number of rotatable bonds is 5. The van der Waals surface area contributed by atoms with Gasteiger partial charge in [-0.25, -0.2) is 0 Å². The van der Waals surface area contributed by atoms with E-state index in [0.29, 0.717) is 25.7 Å². The molecule has 5 heteroatoms. The summed E-state index contributed by atoms with van der Waals surface area (Å²) in [6.07, 6.45) is 3.69. The van der Waals surface area contributed by atoms with Crippen LogP contribution in [0.2, 0.25) is 0 Å². The summed E-state index contributed by atoms with van der Waals surface area (Å²) in [6.45, 7) is 5.42. The number of carbonyl (C=O) groups is 2. The zero-order valence-corrected chi connectivity index (χ0v) is 15.3. The third-order valence-electron chi connectivity index (χ3n) is 5.15. The highest BCUT2D eigenvalue weighted by molar-refractivity contribution is 5.86. The summed E-state index contributed by atoms with van der Waals surface area (Å²) in [6, 6.07) is 10.6. The minimum absolute atomic E-state index is 0.0225. The normalized spacial score (nSPS) is 18.9. The van der Waals surface area contributed by atoms with Crippen molar-refractivity contribution in [3.05, 3.63) is 35.9 Å². The van der Waals surface area contributed by atoms with Crippen LogP contribution in [0.4, 0.5) is 0 Å². The van der Waals surface area contributed by atoms with Crippen molar-refractivity contribution in [1.82, 2.24) is 9.80 Å². The number of likely N-dealkylation sites (tertiary alicyclic amines) is 1. The van der Waals surface area contributed by atoms with Crippen LogP contribution in [0.3, 0.4) is 0 Å². The molecule has 0 bridgehead atoms. The van der Waals surface area contributed by atoms with Gasteiger partial charge in [0.25, 0.3) is 0 Å². The number of nitrogens with zero attached hydrogens (tertiary/aromatic N) is 2. The number of benzene rings is 1. The molecular weight excluding hydrogens is 314 g/mol. The van der Waals surface area contributed by atoms with Crippen LogP contribution >= 0.6 is 0 Å². The van der Waals surface area contributed by atoms with E-state index in [1.54, 1.807) is 13.8 Å². The molecule has 2 aliphatic rings. The summed E-state index contributed by atoms with van der Waals surface area (Å²) >= 11 is 0. The first-order chi connectivity index (χ1) is 11.9. The highest BCUT2D eigenvalue weighted by atomic mass is 16.2.